The maximum absolute atomic E-state index is 13.0. The first-order valence-electron chi connectivity index (χ1n) is 8.77. The van der Waals surface area contributed by atoms with E-state index >= 15 is 0 Å². The Kier molecular flexibility index (Phi) is 4.38. The molecule has 0 N–H and O–H groups in total. The lowest BCUT2D eigenvalue weighted by molar-refractivity contribution is -0.141. The van der Waals surface area contributed by atoms with Crippen LogP contribution in [0.1, 0.15) is 12.6 Å². The van der Waals surface area contributed by atoms with Gasteiger partial charge in [-0.2, -0.15) is 13.2 Å². The third kappa shape index (κ3) is 3.25. The number of aromatic nitrogens is 3. The molecule has 5 nitrogen and oxygen atoms in total. The number of imidazole rings is 1. The lowest BCUT2D eigenvalue weighted by Crippen LogP contribution is -2.07. The van der Waals surface area contributed by atoms with E-state index in [-0.39, 0.29) is 22.0 Å². The summed E-state index contributed by atoms with van der Waals surface area (Å²) in [7, 11) is -1.98. The van der Waals surface area contributed by atoms with Gasteiger partial charge in [-0.15, -0.1) is 0 Å². The Bertz CT molecular complexity index is 1360. The zero-order valence-corrected chi connectivity index (χ0v) is 16.3. The Hall–Kier alpha value is -2.94. The van der Waals surface area contributed by atoms with Crippen molar-refractivity contribution in [1.82, 2.24) is 14.5 Å². The first-order valence-corrected chi connectivity index (χ1v) is 10.4. The van der Waals surface area contributed by atoms with Crippen LogP contribution in [0.5, 0.6) is 0 Å². The van der Waals surface area contributed by atoms with Gasteiger partial charge < -0.3 is 4.57 Å². The summed E-state index contributed by atoms with van der Waals surface area (Å²) in [6, 6.07) is 11.4. The molecule has 0 saturated carbocycles. The lowest BCUT2D eigenvalue weighted by atomic mass is 10.1. The van der Waals surface area contributed by atoms with Crippen LogP contribution in [0.25, 0.3) is 33.2 Å². The second-order valence-corrected chi connectivity index (χ2v) is 8.90. The molecule has 9 heteroatoms. The van der Waals surface area contributed by atoms with Crippen molar-refractivity contribution in [2.45, 2.75) is 18.0 Å². The second kappa shape index (κ2) is 6.55. The van der Waals surface area contributed by atoms with Crippen molar-refractivity contribution in [1.29, 1.82) is 0 Å². The number of alkyl halides is 3. The van der Waals surface area contributed by atoms with Gasteiger partial charge in [-0.25, -0.2) is 18.4 Å². The van der Waals surface area contributed by atoms with Gasteiger partial charge in [0, 0.05) is 12.6 Å². The fraction of sp³-hybridized carbons (Fsp3) is 0.200. The molecule has 0 unspecified atom stereocenters. The van der Waals surface area contributed by atoms with E-state index in [1.165, 1.54) is 0 Å². The van der Waals surface area contributed by atoms with Crippen molar-refractivity contribution in [3.05, 3.63) is 54.4 Å². The Balaban J connectivity index is 2.04. The number of hydrogen-bond acceptors (Lipinski definition) is 4. The van der Waals surface area contributed by atoms with Gasteiger partial charge >= 0.3 is 6.18 Å². The maximum Gasteiger partial charge on any atom is 0.433 e. The Morgan fingerprint density at radius 2 is 1.72 bits per heavy atom. The van der Waals surface area contributed by atoms with Gasteiger partial charge in [-0.1, -0.05) is 31.2 Å². The summed E-state index contributed by atoms with van der Waals surface area (Å²) in [5.74, 6) is 0.154. The van der Waals surface area contributed by atoms with E-state index in [0.717, 1.165) is 23.0 Å². The number of fused-ring (bicyclic) bond motifs is 2. The van der Waals surface area contributed by atoms with Crippen LogP contribution in [0.4, 0.5) is 13.2 Å². The molecule has 2 aromatic carbocycles. The second-order valence-electron chi connectivity index (χ2n) is 6.65. The van der Waals surface area contributed by atoms with E-state index in [9.17, 15) is 21.6 Å². The molecule has 0 radical (unpaired) electrons. The molecule has 0 aliphatic heterocycles. The van der Waals surface area contributed by atoms with Gasteiger partial charge in [0.05, 0.1) is 27.9 Å². The molecule has 0 spiro atoms. The third-order valence-electron chi connectivity index (χ3n) is 4.86. The number of pyridine rings is 1. The topological polar surface area (TPSA) is 64.8 Å². The van der Waals surface area contributed by atoms with E-state index < -0.39 is 21.7 Å². The van der Waals surface area contributed by atoms with Crippen LogP contribution < -0.4 is 0 Å². The van der Waals surface area contributed by atoms with Crippen LogP contribution >= 0.6 is 0 Å². The number of aryl methyl sites for hydroxylation is 1. The van der Waals surface area contributed by atoms with Gasteiger partial charge in [-0.3, -0.25) is 0 Å². The van der Waals surface area contributed by atoms with Crippen LogP contribution in [0.15, 0.2) is 53.6 Å². The van der Waals surface area contributed by atoms with Gasteiger partial charge in [0.15, 0.2) is 9.84 Å². The van der Waals surface area contributed by atoms with Crippen LogP contribution in [0.3, 0.4) is 0 Å². The van der Waals surface area contributed by atoms with Crippen LogP contribution in [0.2, 0.25) is 0 Å². The minimum Gasteiger partial charge on any atom is -0.326 e. The van der Waals surface area contributed by atoms with Gasteiger partial charge in [-0.05, 0) is 29.0 Å². The Morgan fingerprint density at radius 1 is 1.07 bits per heavy atom. The first kappa shape index (κ1) is 19.4. The predicted molar refractivity (Wildman–Crippen MR) is 104 cm³/mol. The average molecular weight is 419 g/mol. The van der Waals surface area contributed by atoms with Crippen LogP contribution in [-0.2, 0) is 23.1 Å². The summed E-state index contributed by atoms with van der Waals surface area (Å²) in [5, 5.41) is 1.56. The number of benzene rings is 2. The van der Waals surface area contributed by atoms with E-state index in [2.05, 4.69) is 9.97 Å². The molecular formula is C20H16F3N3O2S. The zero-order chi connectivity index (χ0) is 21.0. The molecule has 0 saturated heterocycles. The molecule has 2 aromatic heterocycles. The first-order chi connectivity index (χ1) is 13.6. The smallest absolute Gasteiger partial charge is 0.326 e. The van der Waals surface area contributed by atoms with Gasteiger partial charge in [0.25, 0.3) is 0 Å². The van der Waals surface area contributed by atoms with Crippen LogP contribution in [0, 0.1) is 0 Å². The fourth-order valence-corrected chi connectivity index (χ4v) is 4.39. The summed E-state index contributed by atoms with van der Waals surface area (Å²) in [5.41, 5.74) is -0.230. The van der Waals surface area contributed by atoms with Gasteiger partial charge in [0.2, 0.25) is 0 Å². The summed E-state index contributed by atoms with van der Waals surface area (Å²) >= 11 is 0. The highest BCUT2D eigenvalue weighted by Gasteiger charge is 2.33. The maximum atomic E-state index is 13.0. The lowest BCUT2D eigenvalue weighted by Gasteiger charge is -2.12. The SMILES string of the molecule is CCS(=O)(=O)c1cc2ccccc2cc1-c1nc2cc(C(F)(F)F)ncc2n1C. The monoisotopic (exact) mass is 419 g/mol. The Morgan fingerprint density at radius 3 is 2.34 bits per heavy atom. The number of nitrogens with zero attached hydrogens (tertiary/aromatic N) is 3. The summed E-state index contributed by atoms with van der Waals surface area (Å²) in [4.78, 5) is 7.91. The molecule has 0 aliphatic rings. The summed E-state index contributed by atoms with van der Waals surface area (Å²) in [6.07, 6.45) is -3.49. The van der Waals surface area contributed by atoms with E-state index in [4.69, 9.17) is 0 Å². The number of rotatable bonds is 3. The Labute approximate surface area is 164 Å². The third-order valence-corrected chi connectivity index (χ3v) is 6.63. The molecule has 4 rings (SSSR count). The van der Waals surface area contributed by atoms with E-state index in [1.54, 1.807) is 30.7 Å². The molecule has 29 heavy (non-hydrogen) atoms. The van der Waals surface area contributed by atoms with Crippen molar-refractivity contribution < 1.29 is 21.6 Å². The molecule has 0 aliphatic carbocycles. The van der Waals surface area contributed by atoms with Crippen molar-refractivity contribution in [3.63, 3.8) is 0 Å². The van der Waals surface area contributed by atoms with E-state index in [1.807, 2.05) is 24.3 Å². The number of halogens is 3. The molecule has 0 bridgehead atoms. The quantitative estimate of drug-likeness (QED) is 0.487. The highest BCUT2D eigenvalue weighted by atomic mass is 32.2. The van der Waals surface area contributed by atoms with Crippen molar-refractivity contribution >= 4 is 31.6 Å². The minimum absolute atomic E-state index is 0.0952. The molecule has 4 aromatic rings. The normalized spacial score (nSPS) is 12.7. The summed E-state index contributed by atoms with van der Waals surface area (Å²) < 4.78 is 66.1. The molecule has 150 valence electrons. The van der Waals surface area contributed by atoms with Gasteiger partial charge in [0.1, 0.15) is 11.5 Å². The van der Waals surface area contributed by atoms with Crippen molar-refractivity contribution in [3.8, 4) is 11.4 Å². The fourth-order valence-electron chi connectivity index (χ4n) is 3.29. The van der Waals surface area contributed by atoms with Crippen molar-refractivity contribution in [2.24, 2.45) is 7.05 Å². The highest BCUT2D eigenvalue weighted by Crippen LogP contribution is 2.35. The predicted octanol–water partition coefficient (Wildman–Crippen LogP) is 4.60. The highest BCUT2D eigenvalue weighted by molar-refractivity contribution is 7.91. The molecule has 0 atom stereocenters. The van der Waals surface area contributed by atoms with E-state index in [0.29, 0.717) is 11.1 Å². The molecule has 2 heterocycles. The molecule has 0 amide bonds. The average Bonchev–Trinajstić information content (AvgIpc) is 3.02. The minimum atomic E-state index is -4.59. The number of sulfone groups is 1. The molecule has 0 fully saturated rings. The molecular weight excluding hydrogens is 403 g/mol. The largest absolute Gasteiger partial charge is 0.433 e. The van der Waals surface area contributed by atoms with Crippen molar-refractivity contribution in [2.75, 3.05) is 5.75 Å². The van der Waals surface area contributed by atoms with Crippen LogP contribution in [-0.4, -0.2) is 28.7 Å². The number of hydrogen-bond donors (Lipinski definition) is 0. The zero-order valence-electron chi connectivity index (χ0n) is 15.5. The standard InChI is InChI=1S/C20H16F3N3O2S/c1-3-29(27,28)17-9-13-7-5-4-6-12(13)8-14(17)19-25-15-10-18(20(21,22)23)24-11-16(15)26(19)2/h4-11H,3H2,1-2H3. The summed E-state index contributed by atoms with van der Waals surface area (Å²) in [6.45, 7) is 1.54.